The van der Waals surface area contributed by atoms with Crippen LogP contribution in [-0.2, 0) is 9.59 Å². The normalized spacial score (nSPS) is 12.3. The number of carbonyl (C=O) groups is 2. The van der Waals surface area contributed by atoms with E-state index >= 15 is 0 Å². The Morgan fingerprint density at radius 3 is 2.19 bits per heavy atom. The molecule has 0 aromatic heterocycles. The Labute approximate surface area is 94.6 Å². The Bertz CT molecular complexity index is 337. The molecule has 0 spiro atoms. The van der Waals surface area contributed by atoms with Crippen molar-refractivity contribution in [2.75, 3.05) is 0 Å². The van der Waals surface area contributed by atoms with Crippen LogP contribution in [0.1, 0.15) is 26.2 Å². The summed E-state index contributed by atoms with van der Waals surface area (Å²) in [5.74, 6) is -2.46. The van der Waals surface area contributed by atoms with E-state index in [9.17, 15) is 9.59 Å². The molecule has 2 N–H and O–H groups in total. The number of rotatable bonds is 7. The molecular weight excluding hydrogens is 208 g/mol. The van der Waals surface area contributed by atoms with Crippen LogP contribution in [0.5, 0.6) is 0 Å². The van der Waals surface area contributed by atoms with E-state index in [1.54, 1.807) is 0 Å². The monoisotopic (exact) mass is 224 g/mol. The summed E-state index contributed by atoms with van der Waals surface area (Å²) in [5.41, 5.74) is -0.347. The molecule has 0 fully saturated rings. The number of allylic oxidation sites excluding steroid dienone is 2. The van der Waals surface area contributed by atoms with Gasteiger partial charge in [-0.2, -0.15) is 0 Å². The van der Waals surface area contributed by atoms with Crippen molar-refractivity contribution in [3.8, 4) is 0 Å². The third-order valence-corrected chi connectivity index (χ3v) is 1.98. The summed E-state index contributed by atoms with van der Waals surface area (Å²) in [7, 11) is 0. The minimum absolute atomic E-state index is 0.108. The van der Waals surface area contributed by atoms with Crippen LogP contribution in [0.25, 0.3) is 0 Å². The van der Waals surface area contributed by atoms with Crippen molar-refractivity contribution < 1.29 is 19.8 Å². The minimum Gasteiger partial charge on any atom is -0.478 e. The van der Waals surface area contributed by atoms with Gasteiger partial charge in [-0.25, -0.2) is 9.59 Å². The number of carboxylic acid groups (broad SMARTS) is 2. The van der Waals surface area contributed by atoms with Crippen LogP contribution in [-0.4, -0.2) is 22.2 Å². The maximum absolute atomic E-state index is 10.9. The van der Waals surface area contributed by atoms with Crippen molar-refractivity contribution in [1.82, 2.24) is 0 Å². The van der Waals surface area contributed by atoms with Crippen molar-refractivity contribution in [3.05, 3.63) is 36.0 Å². The lowest BCUT2D eigenvalue weighted by Gasteiger charge is -2.03. The van der Waals surface area contributed by atoms with E-state index in [2.05, 4.69) is 6.58 Å². The van der Waals surface area contributed by atoms with Gasteiger partial charge in [0, 0.05) is 0 Å². The molecule has 0 rings (SSSR count). The van der Waals surface area contributed by atoms with E-state index in [1.165, 1.54) is 0 Å². The lowest BCUT2D eigenvalue weighted by molar-refractivity contribution is -0.135. The number of hydrogen-bond donors (Lipinski definition) is 2. The second kappa shape index (κ2) is 7.45. The zero-order chi connectivity index (χ0) is 12.6. The highest BCUT2D eigenvalue weighted by Crippen LogP contribution is 2.14. The van der Waals surface area contributed by atoms with Gasteiger partial charge in [0.25, 0.3) is 0 Å². The molecule has 0 aromatic carbocycles. The van der Waals surface area contributed by atoms with Crippen LogP contribution >= 0.6 is 0 Å². The molecule has 0 atom stereocenters. The van der Waals surface area contributed by atoms with Crippen molar-refractivity contribution >= 4 is 11.9 Å². The van der Waals surface area contributed by atoms with E-state index in [4.69, 9.17) is 10.2 Å². The molecule has 4 heteroatoms. The van der Waals surface area contributed by atoms with Crippen LogP contribution in [0.3, 0.4) is 0 Å². The Morgan fingerprint density at radius 2 is 1.81 bits per heavy atom. The van der Waals surface area contributed by atoms with Gasteiger partial charge in [0.1, 0.15) is 0 Å². The molecule has 88 valence electrons. The quantitative estimate of drug-likeness (QED) is 0.395. The fraction of sp³-hybridized carbons (Fsp3) is 0.333. The lowest BCUT2D eigenvalue weighted by atomic mass is 10.0. The fourth-order valence-corrected chi connectivity index (χ4v) is 1.21. The van der Waals surface area contributed by atoms with Crippen LogP contribution in [0.15, 0.2) is 36.0 Å². The number of carboxylic acids is 2. The van der Waals surface area contributed by atoms with Gasteiger partial charge in [-0.1, -0.05) is 31.7 Å². The molecule has 0 aliphatic heterocycles. The highest BCUT2D eigenvalue weighted by molar-refractivity contribution is 6.00. The van der Waals surface area contributed by atoms with E-state index in [-0.39, 0.29) is 17.6 Å². The molecule has 0 unspecified atom stereocenters. The third kappa shape index (κ3) is 4.59. The van der Waals surface area contributed by atoms with Crippen molar-refractivity contribution in [2.45, 2.75) is 26.2 Å². The largest absolute Gasteiger partial charge is 0.478 e. The topological polar surface area (TPSA) is 74.6 Å². The van der Waals surface area contributed by atoms with Gasteiger partial charge in [-0.15, -0.1) is 0 Å². The van der Waals surface area contributed by atoms with Gasteiger partial charge in [0.05, 0.1) is 11.1 Å². The van der Waals surface area contributed by atoms with Crippen molar-refractivity contribution in [1.29, 1.82) is 0 Å². The summed E-state index contributed by atoms with van der Waals surface area (Å²) in [4.78, 5) is 21.6. The van der Waals surface area contributed by atoms with Crippen LogP contribution in [0, 0.1) is 0 Å². The molecule has 0 saturated heterocycles. The van der Waals surface area contributed by atoms with Crippen molar-refractivity contribution in [2.24, 2.45) is 0 Å². The van der Waals surface area contributed by atoms with Crippen LogP contribution in [0.2, 0.25) is 0 Å². The van der Waals surface area contributed by atoms with E-state index < -0.39 is 11.9 Å². The summed E-state index contributed by atoms with van der Waals surface area (Å²) < 4.78 is 0. The molecule has 0 aliphatic carbocycles. The zero-order valence-electron chi connectivity index (χ0n) is 9.27. The first-order valence-corrected chi connectivity index (χ1v) is 5.01. The zero-order valence-corrected chi connectivity index (χ0v) is 9.27. The summed E-state index contributed by atoms with van der Waals surface area (Å²) in [6.07, 6.45) is 6.40. The van der Waals surface area contributed by atoms with Crippen molar-refractivity contribution in [3.63, 3.8) is 0 Å². The summed E-state index contributed by atoms with van der Waals surface area (Å²) in [6.45, 7) is 5.28. The average Bonchev–Trinajstić information content (AvgIpc) is 2.21. The first-order chi connectivity index (χ1) is 7.54. The highest BCUT2D eigenvalue weighted by Gasteiger charge is 2.16. The van der Waals surface area contributed by atoms with Crippen LogP contribution < -0.4 is 0 Å². The molecule has 0 radical (unpaired) electrons. The van der Waals surface area contributed by atoms with Gasteiger partial charge >= 0.3 is 11.9 Å². The summed E-state index contributed by atoms with van der Waals surface area (Å²) >= 11 is 0. The Hall–Kier alpha value is -1.84. The van der Waals surface area contributed by atoms with E-state index in [0.29, 0.717) is 6.42 Å². The molecule has 0 heterocycles. The smallest absolute Gasteiger partial charge is 0.336 e. The van der Waals surface area contributed by atoms with Gasteiger partial charge < -0.3 is 10.2 Å². The maximum Gasteiger partial charge on any atom is 0.336 e. The minimum atomic E-state index is -1.26. The Morgan fingerprint density at radius 1 is 1.19 bits per heavy atom. The molecule has 0 bridgehead atoms. The molecule has 0 saturated carbocycles. The van der Waals surface area contributed by atoms with Gasteiger partial charge in [0.15, 0.2) is 0 Å². The van der Waals surface area contributed by atoms with Gasteiger partial charge in [-0.3, -0.25) is 0 Å². The molecule has 4 nitrogen and oxygen atoms in total. The molecule has 0 aliphatic rings. The fourth-order valence-electron chi connectivity index (χ4n) is 1.21. The van der Waals surface area contributed by atoms with E-state index in [1.807, 2.05) is 19.1 Å². The molecule has 16 heavy (non-hydrogen) atoms. The van der Waals surface area contributed by atoms with E-state index in [0.717, 1.165) is 12.5 Å². The lowest BCUT2D eigenvalue weighted by Crippen LogP contribution is -2.09. The summed E-state index contributed by atoms with van der Waals surface area (Å²) in [6, 6.07) is 0. The predicted octanol–water partition coefficient (Wildman–Crippen LogP) is 2.38. The highest BCUT2D eigenvalue weighted by atomic mass is 16.4. The first kappa shape index (κ1) is 14.2. The van der Waals surface area contributed by atoms with Gasteiger partial charge in [-0.05, 0) is 19.3 Å². The first-order valence-electron chi connectivity index (χ1n) is 5.01. The van der Waals surface area contributed by atoms with Gasteiger partial charge in [0.2, 0.25) is 0 Å². The average molecular weight is 224 g/mol. The molecular formula is C12H16O4. The summed E-state index contributed by atoms with van der Waals surface area (Å²) in [5, 5.41) is 17.7. The second-order valence-corrected chi connectivity index (χ2v) is 3.12. The maximum atomic E-state index is 10.9. The Kier molecular flexibility index (Phi) is 6.59. The number of hydrogen-bond acceptors (Lipinski definition) is 2. The second-order valence-electron chi connectivity index (χ2n) is 3.12. The third-order valence-electron chi connectivity index (χ3n) is 1.98. The standard InChI is InChI=1S/C12H16O4/c1-3-5-6-7-8-10(12(15)16)9(4-2)11(13)14/h4-6H,2-3,7-8H2,1H3,(H,13,14)(H,15,16). The Balaban J connectivity index is 4.85. The molecule has 0 amide bonds. The number of aliphatic carboxylic acids is 2. The van der Waals surface area contributed by atoms with Crippen LogP contribution in [0.4, 0.5) is 0 Å². The predicted molar refractivity (Wildman–Crippen MR) is 61.2 cm³/mol. The molecule has 0 aromatic rings. The SMILES string of the molecule is C=CC(C(=O)O)=C(CCC=CCC)C(=O)O.